The molecule has 1 aromatic rings. The maximum absolute atomic E-state index is 11.3. The fraction of sp³-hybridized carbons (Fsp3) is 0.300. The first-order chi connectivity index (χ1) is 7.07. The molecule has 0 aliphatic carbocycles. The third-order valence-electron chi connectivity index (χ3n) is 1.78. The minimum absolute atomic E-state index is 0.220. The lowest BCUT2D eigenvalue weighted by Crippen LogP contribution is -2.16. The summed E-state index contributed by atoms with van der Waals surface area (Å²) in [5.74, 6) is -0.702. The van der Waals surface area contributed by atoms with Crippen LogP contribution < -0.4 is 0 Å². The summed E-state index contributed by atoms with van der Waals surface area (Å²) in [6.45, 7) is 1.89. The molecule has 5 heteroatoms. The van der Waals surface area contributed by atoms with E-state index in [4.69, 9.17) is 16.3 Å². The van der Waals surface area contributed by atoms with Crippen LogP contribution in [0.5, 0.6) is 0 Å². The van der Waals surface area contributed by atoms with E-state index in [1.807, 2.05) is 0 Å². The van der Waals surface area contributed by atoms with Gasteiger partial charge in [-0.1, -0.05) is 33.6 Å². The number of carbonyl (C=O) groups is 1. The Morgan fingerprint density at radius 3 is 2.87 bits per heavy atom. The van der Waals surface area contributed by atoms with Gasteiger partial charge in [-0.3, -0.25) is 0 Å². The minimum atomic E-state index is -1.35. The molecule has 0 aliphatic rings. The summed E-state index contributed by atoms with van der Waals surface area (Å²) in [6.07, 6.45) is -1.35. The zero-order valence-corrected chi connectivity index (χ0v) is 10.4. The van der Waals surface area contributed by atoms with E-state index in [0.717, 1.165) is 0 Å². The normalized spacial score (nSPS) is 12.3. The first-order valence-electron chi connectivity index (χ1n) is 4.36. The number of halogens is 2. The number of ether oxygens (including phenoxy) is 1. The van der Waals surface area contributed by atoms with E-state index in [1.54, 1.807) is 25.1 Å². The van der Waals surface area contributed by atoms with E-state index >= 15 is 0 Å². The van der Waals surface area contributed by atoms with Crippen LogP contribution in [-0.4, -0.2) is 17.7 Å². The Bertz CT molecular complexity index is 347. The van der Waals surface area contributed by atoms with Crippen LogP contribution in [0.1, 0.15) is 18.6 Å². The average Bonchev–Trinajstić information content (AvgIpc) is 2.17. The molecule has 3 nitrogen and oxygen atoms in total. The quantitative estimate of drug-likeness (QED) is 0.872. The predicted molar refractivity (Wildman–Crippen MR) is 60.7 cm³/mol. The van der Waals surface area contributed by atoms with Crippen LogP contribution in [0.3, 0.4) is 0 Å². The molecule has 0 aromatic heterocycles. The van der Waals surface area contributed by atoms with Crippen molar-refractivity contribution in [2.75, 3.05) is 6.61 Å². The van der Waals surface area contributed by atoms with Gasteiger partial charge in [-0.15, -0.1) is 0 Å². The van der Waals surface area contributed by atoms with Crippen LogP contribution in [0.25, 0.3) is 0 Å². The van der Waals surface area contributed by atoms with Crippen molar-refractivity contribution >= 4 is 33.5 Å². The molecule has 0 radical (unpaired) electrons. The van der Waals surface area contributed by atoms with Gasteiger partial charge >= 0.3 is 5.97 Å². The summed E-state index contributed by atoms with van der Waals surface area (Å²) in [7, 11) is 0. The molecule has 1 aromatic carbocycles. The third-order valence-corrected chi connectivity index (χ3v) is 2.80. The van der Waals surface area contributed by atoms with Gasteiger partial charge in [0.25, 0.3) is 0 Å². The SMILES string of the molecule is CCOC(=O)C(O)c1c(Cl)cccc1Br. The lowest BCUT2D eigenvalue weighted by atomic mass is 10.1. The Morgan fingerprint density at radius 1 is 1.67 bits per heavy atom. The number of aliphatic hydroxyl groups is 1. The molecule has 0 heterocycles. The fourth-order valence-corrected chi connectivity index (χ4v) is 2.09. The molecule has 82 valence electrons. The van der Waals surface area contributed by atoms with Crippen LogP contribution >= 0.6 is 27.5 Å². The van der Waals surface area contributed by atoms with E-state index < -0.39 is 12.1 Å². The second kappa shape index (κ2) is 5.49. The van der Waals surface area contributed by atoms with Gasteiger partial charge in [0.2, 0.25) is 0 Å². The van der Waals surface area contributed by atoms with Gasteiger partial charge in [0.15, 0.2) is 6.10 Å². The molecule has 0 bridgehead atoms. The molecule has 0 fully saturated rings. The van der Waals surface area contributed by atoms with Crippen molar-refractivity contribution in [2.45, 2.75) is 13.0 Å². The molecule has 0 saturated carbocycles. The molecule has 1 unspecified atom stereocenters. The number of hydrogen-bond donors (Lipinski definition) is 1. The zero-order chi connectivity index (χ0) is 11.4. The average molecular weight is 294 g/mol. The van der Waals surface area contributed by atoms with Gasteiger partial charge in [0.05, 0.1) is 6.61 Å². The van der Waals surface area contributed by atoms with Gasteiger partial charge < -0.3 is 9.84 Å². The Balaban J connectivity index is 3.00. The van der Waals surface area contributed by atoms with E-state index in [2.05, 4.69) is 15.9 Å². The van der Waals surface area contributed by atoms with E-state index in [9.17, 15) is 9.90 Å². The predicted octanol–water partition coefficient (Wildman–Crippen LogP) is 2.70. The van der Waals surface area contributed by atoms with Crippen molar-refractivity contribution in [3.8, 4) is 0 Å². The molecule has 1 atom stereocenters. The monoisotopic (exact) mass is 292 g/mol. The maximum atomic E-state index is 11.3. The Kier molecular flexibility index (Phi) is 4.57. The molecular formula is C10H10BrClO3. The molecule has 0 saturated heterocycles. The van der Waals surface area contributed by atoms with Gasteiger partial charge in [-0.25, -0.2) is 4.79 Å². The topological polar surface area (TPSA) is 46.5 Å². The Morgan fingerprint density at radius 2 is 2.33 bits per heavy atom. The van der Waals surface area contributed by atoms with Crippen LogP contribution in [0.4, 0.5) is 0 Å². The number of rotatable bonds is 3. The first kappa shape index (κ1) is 12.5. The largest absolute Gasteiger partial charge is 0.464 e. The highest BCUT2D eigenvalue weighted by atomic mass is 79.9. The lowest BCUT2D eigenvalue weighted by molar-refractivity contribution is -0.153. The molecule has 0 amide bonds. The van der Waals surface area contributed by atoms with Crippen LogP contribution in [0.15, 0.2) is 22.7 Å². The Labute approximate surface area is 101 Å². The summed E-state index contributed by atoms with van der Waals surface area (Å²) >= 11 is 9.09. The van der Waals surface area contributed by atoms with Crippen molar-refractivity contribution in [3.63, 3.8) is 0 Å². The molecular weight excluding hydrogens is 283 g/mol. The molecule has 15 heavy (non-hydrogen) atoms. The fourth-order valence-electron chi connectivity index (χ4n) is 1.11. The van der Waals surface area contributed by atoms with Gasteiger partial charge in [0, 0.05) is 15.1 Å². The second-order valence-corrected chi connectivity index (χ2v) is 4.05. The number of carbonyl (C=O) groups excluding carboxylic acids is 1. The van der Waals surface area contributed by atoms with Crippen LogP contribution in [0, 0.1) is 0 Å². The van der Waals surface area contributed by atoms with Crippen LogP contribution in [-0.2, 0) is 9.53 Å². The number of benzene rings is 1. The van der Waals surface area contributed by atoms with Crippen molar-refractivity contribution in [1.82, 2.24) is 0 Å². The lowest BCUT2D eigenvalue weighted by Gasteiger charge is -2.12. The summed E-state index contributed by atoms with van der Waals surface area (Å²) in [5.41, 5.74) is 0.331. The summed E-state index contributed by atoms with van der Waals surface area (Å²) in [6, 6.07) is 5.02. The van der Waals surface area contributed by atoms with Crippen molar-refractivity contribution in [2.24, 2.45) is 0 Å². The number of hydrogen-bond acceptors (Lipinski definition) is 3. The summed E-state index contributed by atoms with van der Waals surface area (Å²) in [4.78, 5) is 11.3. The van der Waals surface area contributed by atoms with Crippen molar-refractivity contribution < 1.29 is 14.6 Å². The second-order valence-electron chi connectivity index (χ2n) is 2.79. The standard InChI is InChI=1S/C10H10BrClO3/c1-2-15-10(14)9(13)8-6(11)4-3-5-7(8)12/h3-5,9,13H,2H2,1H3. The third kappa shape index (κ3) is 2.93. The highest BCUT2D eigenvalue weighted by Crippen LogP contribution is 2.31. The number of esters is 1. The van der Waals surface area contributed by atoms with Gasteiger partial charge in [-0.05, 0) is 19.1 Å². The van der Waals surface area contributed by atoms with Gasteiger partial charge in [-0.2, -0.15) is 0 Å². The maximum Gasteiger partial charge on any atom is 0.339 e. The smallest absolute Gasteiger partial charge is 0.339 e. The minimum Gasteiger partial charge on any atom is -0.464 e. The van der Waals surface area contributed by atoms with Crippen molar-refractivity contribution in [3.05, 3.63) is 33.3 Å². The molecule has 0 spiro atoms. The molecule has 1 N–H and O–H groups in total. The van der Waals surface area contributed by atoms with Crippen LogP contribution in [0.2, 0.25) is 5.02 Å². The highest BCUT2D eigenvalue weighted by Gasteiger charge is 2.23. The van der Waals surface area contributed by atoms with E-state index in [1.165, 1.54) is 0 Å². The van der Waals surface area contributed by atoms with Gasteiger partial charge in [0.1, 0.15) is 0 Å². The number of aliphatic hydroxyl groups excluding tert-OH is 1. The molecule has 0 aliphatic heterocycles. The Hall–Kier alpha value is -0.580. The molecule has 1 rings (SSSR count). The summed E-state index contributed by atoms with van der Waals surface area (Å²) in [5, 5.41) is 10.0. The van der Waals surface area contributed by atoms with Crippen molar-refractivity contribution in [1.29, 1.82) is 0 Å². The summed E-state index contributed by atoms with van der Waals surface area (Å²) < 4.78 is 5.28. The zero-order valence-electron chi connectivity index (χ0n) is 8.04. The van der Waals surface area contributed by atoms with E-state index in [0.29, 0.717) is 15.1 Å². The first-order valence-corrected chi connectivity index (χ1v) is 5.53. The van der Waals surface area contributed by atoms with E-state index in [-0.39, 0.29) is 6.61 Å². The highest BCUT2D eigenvalue weighted by molar-refractivity contribution is 9.10.